The Balaban J connectivity index is 2.17. The van der Waals surface area contributed by atoms with E-state index in [1.165, 1.54) is 19.4 Å². The van der Waals surface area contributed by atoms with Gasteiger partial charge in [0.05, 0.1) is 30.6 Å². The van der Waals surface area contributed by atoms with E-state index in [2.05, 4.69) is 10.5 Å². The molecule has 0 aliphatic heterocycles. The molecule has 0 bridgehead atoms. The molecule has 2 rings (SSSR count). The number of nitrogens with zero attached hydrogens (tertiary/aromatic N) is 1. The molecule has 0 aliphatic carbocycles. The number of benzene rings is 2. The fraction of sp³-hybridized carbons (Fsp3) is 0.188. The average Bonchev–Trinajstić information content (AvgIpc) is 2.51. The molecule has 0 heterocycles. The van der Waals surface area contributed by atoms with Crippen molar-refractivity contribution in [1.29, 1.82) is 0 Å². The van der Waals surface area contributed by atoms with Crippen molar-refractivity contribution >= 4 is 23.5 Å². The molecular weight excluding hydrogens is 326 g/mol. The minimum Gasteiger partial charge on any atom is -0.493 e. The van der Waals surface area contributed by atoms with Crippen molar-refractivity contribution in [3.63, 3.8) is 0 Å². The number of anilines is 1. The van der Waals surface area contributed by atoms with Crippen molar-refractivity contribution in [3.8, 4) is 11.5 Å². The SMILES string of the molecule is CCOc1c(Cl)cc(/C=N\Nc2ccc(F)cc2F)cc1OC. The highest BCUT2D eigenvalue weighted by Crippen LogP contribution is 2.36. The van der Waals surface area contributed by atoms with Crippen LogP contribution in [0.4, 0.5) is 14.5 Å². The molecule has 4 nitrogen and oxygen atoms in total. The molecule has 122 valence electrons. The molecule has 0 atom stereocenters. The fourth-order valence-electron chi connectivity index (χ4n) is 1.86. The summed E-state index contributed by atoms with van der Waals surface area (Å²) in [6, 6.07) is 6.49. The molecule has 0 amide bonds. The van der Waals surface area contributed by atoms with E-state index in [0.29, 0.717) is 28.7 Å². The van der Waals surface area contributed by atoms with E-state index in [1.807, 2.05) is 6.92 Å². The van der Waals surface area contributed by atoms with Crippen molar-refractivity contribution in [2.45, 2.75) is 6.92 Å². The van der Waals surface area contributed by atoms with Gasteiger partial charge in [-0.2, -0.15) is 5.10 Å². The first-order valence-electron chi connectivity index (χ1n) is 6.79. The Hall–Kier alpha value is -2.34. The van der Waals surface area contributed by atoms with Gasteiger partial charge in [0, 0.05) is 6.07 Å². The maximum absolute atomic E-state index is 13.5. The van der Waals surface area contributed by atoms with Crippen LogP contribution in [0.2, 0.25) is 5.02 Å². The molecule has 7 heteroatoms. The lowest BCUT2D eigenvalue weighted by atomic mass is 10.2. The molecule has 23 heavy (non-hydrogen) atoms. The quantitative estimate of drug-likeness (QED) is 0.623. The van der Waals surface area contributed by atoms with Gasteiger partial charge < -0.3 is 9.47 Å². The second-order valence-corrected chi connectivity index (χ2v) is 4.87. The molecule has 0 fully saturated rings. The van der Waals surface area contributed by atoms with Crippen molar-refractivity contribution < 1.29 is 18.3 Å². The molecule has 0 saturated heterocycles. The van der Waals surface area contributed by atoms with Gasteiger partial charge in [0.15, 0.2) is 17.3 Å². The summed E-state index contributed by atoms with van der Waals surface area (Å²) >= 11 is 6.14. The molecule has 0 aliphatic rings. The van der Waals surface area contributed by atoms with Crippen LogP contribution in [0.15, 0.2) is 35.4 Å². The van der Waals surface area contributed by atoms with Gasteiger partial charge in [-0.25, -0.2) is 8.78 Å². The van der Waals surface area contributed by atoms with E-state index in [4.69, 9.17) is 21.1 Å². The van der Waals surface area contributed by atoms with Crippen molar-refractivity contribution in [2.75, 3.05) is 19.1 Å². The van der Waals surface area contributed by atoms with E-state index in [0.717, 1.165) is 12.1 Å². The van der Waals surface area contributed by atoms with Gasteiger partial charge in [-0.3, -0.25) is 5.43 Å². The zero-order valence-corrected chi connectivity index (χ0v) is 13.3. The number of hydrazone groups is 1. The molecule has 1 N–H and O–H groups in total. The van der Waals surface area contributed by atoms with Crippen LogP contribution in [0, 0.1) is 11.6 Å². The normalized spacial score (nSPS) is 10.8. The van der Waals surface area contributed by atoms with Crippen LogP contribution in [0.3, 0.4) is 0 Å². The van der Waals surface area contributed by atoms with Crippen LogP contribution in [-0.4, -0.2) is 19.9 Å². The first-order chi connectivity index (χ1) is 11.0. The monoisotopic (exact) mass is 340 g/mol. The molecule has 0 radical (unpaired) electrons. The van der Waals surface area contributed by atoms with Crippen LogP contribution >= 0.6 is 11.6 Å². The second-order valence-electron chi connectivity index (χ2n) is 4.46. The molecule has 0 saturated carbocycles. The summed E-state index contributed by atoms with van der Waals surface area (Å²) < 4.78 is 36.9. The Morgan fingerprint density at radius 3 is 2.70 bits per heavy atom. The topological polar surface area (TPSA) is 42.8 Å². The van der Waals surface area contributed by atoms with E-state index >= 15 is 0 Å². The first kappa shape index (κ1) is 17.0. The molecule has 0 spiro atoms. The Morgan fingerprint density at radius 2 is 2.04 bits per heavy atom. The van der Waals surface area contributed by atoms with Gasteiger partial charge >= 0.3 is 0 Å². The highest BCUT2D eigenvalue weighted by atomic mass is 35.5. The van der Waals surface area contributed by atoms with Crippen LogP contribution in [-0.2, 0) is 0 Å². The molecule has 0 unspecified atom stereocenters. The smallest absolute Gasteiger partial charge is 0.179 e. The predicted octanol–water partition coefficient (Wildman–Crippen LogP) is 4.47. The Labute approximate surface area is 137 Å². The lowest BCUT2D eigenvalue weighted by molar-refractivity contribution is 0.311. The van der Waals surface area contributed by atoms with Gasteiger partial charge in [-0.1, -0.05) is 11.6 Å². The van der Waals surface area contributed by atoms with Gasteiger partial charge in [-0.15, -0.1) is 0 Å². The number of methoxy groups -OCH3 is 1. The minimum absolute atomic E-state index is 0.0617. The lowest BCUT2D eigenvalue weighted by Crippen LogP contribution is -1.98. The molecular formula is C16H15ClF2N2O2. The number of halogens is 3. The maximum atomic E-state index is 13.5. The standard InChI is InChI=1S/C16H15ClF2N2O2/c1-3-23-16-12(17)6-10(7-15(16)22-2)9-20-21-14-5-4-11(18)8-13(14)19/h4-9,21H,3H2,1-2H3/b20-9-. The summed E-state index contributed by atoms with van der Waals surface area (Å²) in [6.07, 6.45) is 1.44. The van der Waals surface area contributed by atoms with E-state index in [9.17, 15) is 8.78 Å². The van der Waals surface area contributed by atoms with Crippen LogP contribution in [0.5, 0.6) is 11.5 Å². The maximum Gasteiger partial charge on any atom is 0.179 e. The third-order valence-electron chi connectivity index (χ3n) is 2.87. The number of nitrogens with one attached hydrogen (secondary N) is 1. The summed E-state index contributed by atoms with van der Waals surface area (Å²) in [6.45, 7) is 2.29. The van der Waals surface area contributed by atoms with Gasteiger partial charge in [0.2, 0.25) is 0 Å². The van der Waals surface area contributed by atoms with Crippen LogP contribution in [0.1, 0.15) is 12.5 Å². The minimum atomic E-state index is -0.732. The van der Waals surface area contributed by atoms with Crippen molar-refractivity contribution in [2.24, 2.45) is 5.10 Å². The predicted molar refractivity (Wildman–Crippen MR) is 86.7 cm³/mol. The van der Waals surface area contributed by atoms with Crippen molar-refractivity contribution in [1.82, 2.24) is 0 Å². The molecule has 0 aromatic heterocycles. The third kappa shape index (κ3) is 4.32. The number of rotatable bonds is 6. The number of hydrogen-bond acceptors (Lipinski definition) is 4. The highest BCUT2D eigenvalue weighted by Gasteiger charge is 2.10. The largest absolute Gasteiger partial charge is 0.493 e. The zero-order valence-electron chi connectivity index (χ0n) is 12.6. The number of ether oxygens (including phenoxy) is 2. The van der Waals surface area contributed by atoms with Gasteiger partial charge in [0.1, 0.15) is 5.82 Å². The lowest BCUT2D eigenvalue weighted by Gasteiger charge is -2.11. The van der Waals surface area contributed by atoms with Crippen LogP contribution in [0.25, 0.3) is 0 Å². The molecule has 2 aromatic carbocycles. The Kier molecular flexibility index (Phi) is 5.76. The Morgan fingerprint density at radius 1 is 1.26 bits per heavy atom. The zero-order chi connectivity index (χ0) is 16.8. The summed E-state index contributed by atoms with van der Waals surface area (Å²) in [5.74, 6) is -0.468. The van der Waals surface area contributed by atoms with Gasteiger partial charge in [0.25, 0.3) is 0 Å². The van der Waals surface area contributed by atoms with Crippen LogP contribution < -0.4 is 14.9 Å². The summed E-state index contributed by atoms with van der Waals surface area (Å²) in [4.78, 5) is 0. The van der Waals surface area contributed by atoms with Crippen molar-refractivity contribution in [3.05, 3.63) is 52.6 Å². The van der Waals surface area contributed by atoms with Gasteiger partial charge in [-0.05, 0) is 36.8 Å². The summed E-state index contributed by atoms with van der Waals surface area (Å²) in [5, 5.41) is 4.28. The van der Waals surface area contributed by atoms with E-state index in [1.54, 1.807) is 12.1 Å². The fourth-order valence-corrected chi connectivity index (χ4v) is 2.13. The third-order valence-corrected chi connectivity index (χ3v) is 3.15. The Bertz CT molecular complexity index is 723. The van der Waals surface area contributed by atoms with E-state index in [-0.39, 0.29) is 5.69 Å². The number of hydrogen-bond donors (Lipinski definition) is 1. The first-order valence-corrected chi connectivity index (χ1v) is 7.17. The summed E-state index contributed by atoms with van der Waals surface area (Å²) in [7, 11) is 1.50. The highest BCUT2D eigenvalue weighted by molar-refractivity contribution is 6.32. The van der Waals surface area contributed by atoms with E-state index < -0.39 is 11.6 Å². The average molecular weight is 341 g/mol. The second kappa shape index (κ2) is 7.78. The summed E-state index contributed by atoms with van der Waals surface area (Å²) in [5.41, 5.74) is 3.19. The molecule has 2 aromatic rings.